The number of carbonyl (C=O) groups is 2. The summed E-state index contributed by atoms with van der Waals surface area (Å²) in [6.07, 6.45) is 22.1. The summed E-state index contributed by atoms with van der Waals surface area (Å²) in [4.78, 5) is 34.5. The number of phosphoric acid groups is 1. The number of esters is 2. The maximum absolute atomic E-state index is 12.4. The second kappa shape index (κ2) is 29.4. The minimum absolute atomic E-state index is 0.167. The van der Waals surface area contributed by atoms with Gasteiger partial charge in [-0.3, -0.25) is 18.6 Å². The Hall–Kier alpha value is -1.29. The summed E-state index contributed by atoms with van der Waals surface area (Å²) in [6, 6.07) is 0. The van der Waals surface area contributed by atoms with Gasteiger partial charge in [0.2, 0.25) is 0 Å². The average molecular weight is 637 g/mol. The lowest BCUT2D eigenvalue weighted by atomic mass is 10.1. The number of allylic oxidation sites excluding steroid dienone is 2. The second-order valence-electron chi connectivity index (χ2n) is 11.2. The molecule has 0 aliphatic heterocycles. The van der Waals surface area contributed by atoms with Gasteiger partial charge < -0.3 is 24.6 Å². The highest BCUT2D eigenvalue weighted by molar-refractivity contribution is 7.47. The molecule has 0 saturated carbocycles. The zero-order valence-corrected chi connectivity index (χ0v) is 27.8. The van der Waals surface area contributed by atoms with Crippen LogP contribution in [0.15, 0.2) is 12.2 Å². The van der Waals surface area contributed by atoms with Gasteiger partial charge in [0.1, 0.15) is 12.7 Å². The maximum atomic E-state index is 12.4. The first-order valence-corrected chi connectivity index (χ1v) is 18.1. The zero-order valence-electron chi connectivity index (χ0n) is 26.9. The van der Waals surface area contributed by atoms with Gasteiger partial charge in [0.05, 0.1) is 19.8 Å². The topological polar surface area (TPSA) is 149 Å². The Morgan fingerprint density at radius 2 is 1.14 bits per heavy atom. The minimum Gasteiger partial charge on any atom is -0.462 e. The number of phosphoric ester groups is 1. The Kier molecular flexibility index (Phi) is 28.5. The summed E-state index contributed by atoms with van der Waals surface area (Å²) in [5, 5.41) is 18.2. The van der Waals surface area contributed by atoms with Gasteiger partial charge in [0.25, 0.3) is 0 Å². The third kappa shape index (κ3) is 29.2. The monoisotopic (exact) mass is 636 g/mol. The van der Waals surface area contributed by atoms with Crippen LogP contribution >= 0.6 is 7.82 Å². The SMILES string of the molecule is CCCCCCCC/C=C/CCCCCC(=O)O[C@H](COC(=O)CCCCCCCCC)COP(=O)(O)OC[C@@H](O)CO. The standard InChI is InChI=1S/C32H61O10P/c1-3-5-7-9-11-12-13-14-15-16-18-20-22-24-32(36)42-30(28-41-43(37,38)40-26-29(34)25-33)27-39-31(35)23-21-19-17-10-8-6-4-2/h14-15,29-30,33-34H,3-13,16-28H2,1-2H3,(H,37,38)/b15-14+/t29-,30+/m0/s1. The van der Waals surface area contributed by atoms with E-state index < -0.39 is 51.8 Å². The fraction of sp³-hybridized carbons (Fsp3) is 0.875. The molecular formula is C32H61O10P. The molecule has 0 aromatic heterocycles. The van der Waals surface area contributed by atoms with Crippen LogP contribution in [-0.4, -0.2) is 65.7 Å². The molecule has 0 rings (SSSR count). The highest BCUT2D eigenvalue weighted by Gasteiger charge is 2.27. The van der Waals surface area contributed by atoms with Gasteiger partial charge in [-0.15, -0.1) is 0 Å². The van der Waals surface area contributed by atoms with Crippen molar-refractivity contribution in [2.75, 3.05) is 26.4 Å². The second-order valence-corrected chi connectivity index (χ2v) is 12.6. The number of aliphatic hydroxyl groups excluding tert-OH is 2. The number of ether oxygens (including phenoxy) is 2. The van der Waals surface area contributed by atoms with Crippen molar-refractivity contribution in [3.63, 3.8) is 0 Å². The van der Waals surface area contributed by atoms with Crippen molar-refractivity contribution >= 4 is 19.8 Å². The van der Waals surface area contributed by atoms with Crippen LogP contribution in [0.4, 0.5) is 0 Å². The van der Waals surface area contributed by atoms with Gasteiger partial charge in [-0.05, 0) is 38.5 Å². The van der Waals surface area contributed by atoms with Crippen molar-refractivity contribution in [3.8, 4) is 0 Å². The first-order chi connectivity index (χ1) is 20.7. The molecule has 0 spiro atoms. The fourth-order valence-electron chi connectivity index (χ4n) is 4.28. The van der Waals surface area contributed by atoms with E-state index in [9.17, 15) is 24.2 Å². The van der Waals surface area contributed by atoms with E-state index in [0.29, 0.717) is 12.8 Å². The van der Waals surface area contributed by atoms with Crippen LogP contribution in [0.3, 0.4) is 0 Å². The van der Waals surface area contributed by atoms with Gasteiger partial charge in [-0.25, -0.2) is 4.57 Å². The van der Waals surface area contributed by atoms with E-state index in [0.717, 1.165) is 44.9 Å². The number of carbonyl (C=O) groups excluding carboxylic acids is 2. The largest absolute Gasteiger partial charge is 0.472 e. The molecule has 1 unspecified atom stereocenters. The van der Waals surface area contributed by atoms with E-state index in [-0.39, 0.29) is 19.4 Å². The third-order valence-corrected chi connectivity index (χ3v) is 7.87. The van der Waals surface area contributed by atoms with Crippen molar-refractivity contribution in [1.29, 1.82) is 0 Å². The van der Waals surface area contributed by atoms with Crippen LogP contribution in [0.25, 0.3) is 0 Å². The third-order valence-electron chi connectivity index (χ3n) is 6.92. The molecule has 3 N–H and O–H groups in total. The van der Waals surface area contributed by atoms with Crippen molar-refractivity contribution in [2.24, 2.45) is 0 Å². The van der Waals surface area contributed by atoms with E-state index >= 15 is 0 Å². The fourth-order valence-corrected chi connectivity index (χ4v) is 5.07. The van der Waals surface area contributed by atoms with Crippen LogP contribution in [0.5, 0.6) is 0 Å². The molecule has 0 fully saturated rings. The van der Waals surface area contributed by atoms with Crippen molar-refractivity contribution in [2.45, 2.75) is 154 Å². The quantitative estimate of drug-likeness (QED) is 0.0306. The Bertz CT molecular complexity index is 746. The normalized spacial score (nSPS) is 14.4. The Labute approximate surface area is 260 Å². The highest BCUT2D eigenvalue weighted by atomic mass is 31.2. The smallest absolute Gasteiger partial charge is 0.462 e. The molecular weight excluding hydrogens is 575 g/mol. The van der Waals surface area contributed by atoms with Gasteiger partial charge in [0, 0.05) is 12.8 Å². The van der Waals surface area contributed by atoms with Crippen LogP contribution in [-0.2, 0) is 32.7 Å². The van der Waals surface area contributed by atoms with Crippen molar-refractivity contribution in [3.05, 3.63) is 12.2 Å². The van der Waals surface area contributed by atoms with Gasteiger partial charge in [-0.2, -0.15) is 0 Å². The molecule has 0 saturated heterocycles. The molecule has 0 aliphatic carbocycles. The maximum Gasteiger partial charge on any atom is 0.472 e. The van der Waals surface area contributed by atoms with Crippen LogP contribution in [0.1, 0.15) is 142 Å². The van der Waals surface area contributed by atoms with E-state index in [1.54, 1.807) is 0 Å². The van der Waals surface area contributed by atoms with E-state index in [2.05, 4.69) is 30.5 Å². The molecule has 0 aromatic rings. The Morgan fingerprint density at radius 1 is 0.674 bits per heavy atom. The number of hydrogen-bond donors (Lipinski definition) is 3. The number of unbranched alkanes of at least 4 members (excludes halogenated alkanes) is 15. The molecule has 0 aliphatic rings. The number of hydrogen-bond acceptors (Lipinski definition) is 9. The number of aliphatic hydroxyl groups is 2. The molecule has 254 valence electrons. The highest BCUT2D eigenvalue weighted by Crippen LogP contribution is 2.43. The molecule has 0 radical (unpaired) electrons. The molecule has 11 heteroatoms. The van der Waals surface area contributed by atoms with Gasteiger partial charge >= 0.3 is 19.8 Å². The predicted molar refractivity (Wildman–Crippen MR) is 168 cm³/mol. The molecule has 0 amide bonds. The first-order valence-electron chi connectivity index (χ1n) is 16.6. The van der Waals surface area contributed by atoms with Crippen molar-refractivity contribution in [1.82, 2.24) is 0 Å². The summed E-state index contributed by atoms with van der Waals surface area (Å²) in [5.41, 5.74) is 0. The number of rotatable bonds is 31. The summed E-state index contributed by atoms with van der Waals surface area (Å²) < 4.78 is 32.3. The molecule has 0 aromatic carbocycles. The predicted octanol–water partition coefficient (Wildman–Crippen LogP) is 7.33. The lowest BCUT2D eigenvalue weighted by Gasteiger charge is -2.20. The average Bonchev–Trinajstić information content (AvgIpc) is 2.99. The summed E-state index contributed by atoms with van der Waals surface area (Å²) in [7, 11) is -4.60. The van der Waals surface area contributed by atoms with Crippen LogP contribution in [0.2, 0.25) is 0 Å². The molecule has 0 bridgehead atoms. The van der Waals surface area contributed by atoms with Crippen LogP contribution < -0.4 is 0 Å². The van der Waals surface area contributed by atoms with Gasteiger partial charge in [0.15, 0.2) is 6.10 Å². The summed E-state index contributed by atoms with van der Waals surface area (Å²) in [6.45, 7) is 2.27. The lowest BCUT2D eigenvalue weighted by molar-refractivity contribution is -0.161. The van der Waals surface area contributed by atoms with E-state index in [1.165, 1.54) is 57.8 Å². The summed E-state index contributed by atoms with van der Waals surface area (Å²) in [5.74, 6) is -0.951. The Morgan fingerprint density at radius 3 is 1.70 bits per heavy atom. The molecule has 0 heterocycles. The van der Waals surface area contributed by atoms with E-state index in [4.69, 9.17) is 19.1 Å². The molecule has 10 nitrogen and oxygen atoms in total. The lowest BCUT2D eigenvalue weighted by Crippen LogP contribution is -2.29. The minimum atomic E-state index is -4.60. The molecule has 43 heavy (non-hydrogen) atoms. The Balaban J connectivity index is 4.44. The first kappa shape index (κ1) is 41.7. The van der Waals surface area contributed by atoms with Gasteiger partial charge in [-0.1, -0.05) is 103 Å². The van der Waals surface area contributed by atoms with E-state index in [1.807, 2.05) is 0 Å². The zero-order chi connectivity index (χ0) is 32.0. The molecule has 3 atom stereocenters. The summed E-state index contributed by atoms with van der Waals surface area (Å²) >= 11 is 0. The van der Waals surface area contributed by atoms with Crippen LogP contribution in [0, 0.1) is 0 Å². The van der Waals surface area contributed by atoms with Crippen molar-refractivity contribution < 1.29 is 47.8 Å².